The van der Waals surface area contributed by atoms with Gasteiger partial charge in [-0.1, -0.05) is 54.6 Å². The van der Waals surface area contributed by atoms with Gasteiger partial charge in [0.25, 0.3) is 0 Å². The van der Waals surface area contributed by atoms with E-state index in [0.717, 1.165) is 40.2 Å². The van der Waals surface area contributed by atoms with Crippen molar-refractivity contribution in [2.45, 2.75) is 39.7 Å². The van der Waals surface area contributed by atoms with E-state index >= 15 is 0 Å². The number of aryl methyl sites for hydroxylation is 3. The molecule has 4 aromatic rings. The SMILES string of the molecule is Cc1ccccc1Cn1c([C@@H]2CC(=O)N(c3c(C)cccc3C)C2)nc2ccccc21. The van der Waals surface area contributed by atoms with Gasteiger partial charge in [-0.25, -0.2) is 4.98 Å². The van der Waals surface area contributed by atoms with Crippen LogP contribution in [0.2, 0.25) is 0 Å². The lowest BCUT2D eigenvalue weighted by molar-refractivity contribution is -0.117. The predicted molar refractivity (Wildman–Crippen MR) is 126 cm³/mol. The molecule has 1 aliphatic rings. The van der Waals surface area contributed by atoms with Crippen LogP contribution in [0, 0.1) is 20.8 Å². The van der Waals surface area contributed by atoms with E-state index in [9.17, 15) is 4.79 Å². The number of nitrogens with zero attached hydrogens (tertiary/aromatic N) is 3. The van der Waals surface area contributed by atoms with Crippen molar-refractivity contribution in [1.29, 1.82) is 0 Å². The number of imidazole rings is 1. The highest BCUT2D eigenvalue weighted by atomic mass is 16.2. The fourth-order valence-corrected chi connectivity index (χ4v) is 4.86. The first-order valence-corrected chi connectivity index (χ1v) is 10.9. The van der Waals surface area contributed by atoms with Crippen LogP contribution in [-0.2, 0) is 11.3 Å². The monoisotopic (exact) mass is 409 g/mol. The van der Waals surface area contributed by atoms with Crippen LogP contribution in [0.15, 0.2) is 66.7 Å². The van der Waals surface area contributed by atoms with Gasteiger partial charge in [0.05, 0.1) is 11.0 Å². The maximum absolute atomic E-state index is 13.1. The van der Waals surface area contributed by atoms with Gasteiger partial charge in [-0.05, 0) is 55.2 Å². The molecule has 4 nitrogen and oxygen atoms in total. The van der Waals surface area contributed by atoms with Crippen LogP contribution in [0.1, 0.15) is 40.4 Å². The second kappa shape index (κ2) is 7.69. The van der Waals surface area contributed by atoms with Crippen molar-refractivity contribution in [3.05, 3.63) is 94.8 Å². The zero-order valence-electron chi connectivity index (χ0n) is 18.3. The highest BCUT2D eigenvalue weighted by Crippen LogP contribution is 2.36. The standard InChI is InChI=1S/C27H27N3O/c1-18-9-4-5-12-21(18)16-29-24-14-7-6-13-23(24)28-27(29)22-15-25(31)30(17-22)26-19(2)10-8-11-20(26)3/h4-14,22H,15-17H2,1-3H3/t22-/m1/s1. The summed E-state index contributed by atoms with van der Waals surface area (Å²) in [6.45, 7) is 7.74. The lowest BCUT2D eigenvalue weighted by Gasteiger charge is -2.22. The highest BCUT2D eigenvalue weighted by molar-refractivity contribution is 5.98. The van der Waals surface area contributed by atoms with Gasteiger partial charge in [0.2, 0.25) is 5.91 Å². The van der Waals surface area contributed by atoms with Crippen LogP contribution in [0.4, 0.5) is 5.69 Å². The van der Waals surface area contributed by atoms with E-state index in [0.29, 0.717) is 13.0 Å². The van der Waals surface area contributed by atoms with Crippen LogP contribution >= 0.6 is 0 Å². The summed E-state index contributed by atoms with van der Waals surface area (Å²) >= 11 is 0. The first kappa shape index (κ1) is 19.6. The van der Waals surface area contributed by atoms with Crippen LogP contribution in [0.25, 0.3) is 11.0 Å². The Hall–Kier alpha value is -3.40. The first-order chi connectivity index (χ1) is 15.0. The molecule has 1 aromatic heterocycles. The fraction of sp³-hybridized carbons (Fsp3) is 0.259. The van der Waals surface area contributed by atoms with Gasteiger partial charge in [0, 0.05) is 31.1 Å². The van der Waals surface area contributed by atoms with Crippen molar-refractivity contribution in [1.82, 2.24) is 9.55 Å². The largest absolute Gasteiger partial charge is 0.323 e. The molecular formula is C27H27N3O. The fourth-order valence-electron chi connectivity index (χ4n) is 4.86. The van der Waals surface area contributed by atoms with Gasteiger partial charge in [0.15, 0.2) is 0 Å². The highest BCUT2D eigenvalue weighted by Gasteiger charge is 2.36. The molecule has 0 radical (unpaired) electrons. The summed E-state index contributed by atoms with van der Waals surface area (Å²) in [6.07, 6.45) is 0.491. The van der Waals surface area contributed by atoms with Gasteiger partial charge in [0.1, 0.15) is 5.82 Å². The molecule has 1 fully saturated rings. The van der Waals surface area contributed by atoms with Crippen LogP contribution in [0.5, 0.6) is 0 Å². The van der Waals surface area contributed by atoms with Gasteiger partial charge in [-0.3, -0.25) is 4.79 Å². The first-order valence-electron chi connectivity index (χ1n) is 10.9. The Bertz CT molecular complexity index is 1270. The molecule has 2 heterocycles. The second-order valence-electron chi connectivity index (χ2n) is 8.62. The van der Waals surface area contributed by atoms with E-state index in [1.54, 1.807) is 0 Å². The number of anilines is 1. The number of hydrogen-bond donors (Lipinski definition) is 0. The van der Waals surface area contributed by atoms with Crippen molar-refractivity contribution >= 4 is 22.6 Å². The Balaban J connectivity index is 1.56. The van der Waals surface area contributed by atoms with Gasteiger partial charge in [-0.2, -0.15) is 0 Å². The molecule has 156 valence electrons. The number of para-hydroxylation sites is 3. The maximum atomic E-state index is 13.1. The number of aromatic nitrogens is 2. The van der Waals surface area contributed by atoms with E-state index in [1.165, 1.54) is 11.1 Å². The number of fused-ring (bicyclic) bond motifs is 1. The van der Waals surface area contributed by atoms with E-state index in [2.05, 4.69) is 79.9 Å². The normalized spacial score (nSPS) is 16.4. The van der Waals surface area contributed by atoms with Crippen molar-refractivity contribution < 1.29 is 4.79 Å². The summed E-state index contributed by atoms with van der Waals surface area (Å²) in [6, 6.07) is 23.0. The van der Waals surface area contributed by atoms with Crippen LogP contribution in [-0.4, -0.2) is 22.0 Å². The summed E-state index contributed by atoms with van der Waals surface area (Å²) < 4.78 is 2.31. The average molecular weight is 410 g/mol. The lowest BCUT2D eigenvalue weighted by atomic mass is 10.1. The number of amides is 1. The quantitative estimate of drug-likeness (QED) is 0.444. The Morgan fingerprint density at radius 3 is 2.32 bits per heavy atom. The van der Waals surface area contributed by atoms with E-state index < -0.39 is 0 Å². The summed E-state index contributed by atoms with van der Waals surface area (Å²) in [7, 11) is 0. The molecule has 3 aromatic carbocycles. The zero-order valence-corrected chi connectivity index (χ0v) is 18.3. The molecule has 0 N–H and O–H groups in total. The Morgan fingerprint density at radius 1 is 0.871 bits per heavy atom. The second-order valence-corrected chi connectivity index (χ2v) is 8.62. The van der Waals surface area contributed by atoms with Crippen molar-refractivity contribution in [2.24, 2.45) is 0 Å². The Labute approximate surface area is 183 Å². The molecular weight excluding hydrogens is 382 g/mol. The van der Waals surface area contributed by atoms with Crippen molar-refractivity contribution in [3.63, 3.8) is 0 Å². The van der Waals surface area contributed by atoms with Gasteiger partial charge in [-0.15, -0.1) is 0 Å². The summed E-state index contributed by atoms with van der Waals surface area (Å²) in [5.41, 5.74) is 8.00. The van der Waals surface area contributed by atoms with E-state index in [-0.39, 0.29) is 11.8 Å². The third-order valence-corrected chi connectivity index (χ3v) is 6.47. The average Bonchev–Trinajstić information content (AvgIpc) is 3.31. The lowest BCUT2D eigenvalue weighted by Crippen LogP contribution is -2.26. The molecule has 1 aliphatic heterocycles. The van der Waals surface area contributed by atoms with Crippen molar-refractivity contribution in [2.75, 3.05) is 11.4 Å². The molecule has 0 bridgehead atoms. The molecule has 0 spiro atoms. The molecule has 5 rings (SSSR count). The van der Waals surface area contributed by atoms with E-state index in [4.69, 9.17) is 4.98 Å². The third-order valence-electron chi connectivity index (χ3n) is 6.47. The smallest absolute Gasteiger partial charge is 0.227 e. The molecule has 0 unspecified atom stereocenters. The number of hydrogen-bond acceptors (Lipinski definition) is 2. The minimum atomic E-state index is 0.0722. The van der Waals surface area contributed by atoms with Crippen LogP contribution in [0.3, 0.4) is 0 Å². The molecule has 31 heavy (non-hydrogen) atoms. The number of carbonyl (C=O) groups excluding carboxylic acids is 1. The molecule has 1 saturated heterocycles. The summed E-state index contributed by atoms with van der Waals surface area (Å²) in [5, 5.41) is 0. The van der Waals surface area contributed by atoms with E-state index in [1.807, 2.05) is 17.0 Å². The molecule has 0 saturated carbocycles. The Kier molecular flexibility index (Phi) is 4.85. The minimum Gasteiger partial charge on any atom is -0.323 e. The van der Waals surface area contributed by atoms with Gasteiger partial charge < -0.3 is 9.47 Å². The van der Waals surface area contributed by atoms with Crippen LogP contribution < -0.4 is 4.90 Å². The molecule has 4 heteroatoms. The minimum absolute atomic E-state index is 0.0722. The Morgan fingerprint density at radius 2 is 1.55 bits per heavy atom. The number of rotatable bonds is 4. The number of benzene rings is 3. The third kappa shape index (κ3) is 3.42. The number of carbonyl (C=O) groups is 1. The topological polar surface area (TPSA) is 38.1 Å². The molecule has 0 aliphatic carbocycles. The van der Waals surface area contributed by atoms with Gasteiger partial charge >= 0.3 is 0 Å². The van der Waals surface area contributed by atoms with Crippen molar-refractivity contribution in [3.8, 4) is 0 Å². The predicted octanol–water partition coefficient (Wildman–Crippen LogP) is 5.53. The zero-order chi connectivity index (χ0) is 21.5. The molecule has 1 atom stereocenters. The maximum Gasteiger partial charge on any atom is 0.227 e. The summed E-state index contributed by atoms with van der Waals surface area (Å²) in [5.74, 6) is 1.26. The molecule has 1 amide bonds. The summed E-state index contributed by atoms with van der Waals surface area (Å²) in [4.78, 5) is 20.1.